The second kappa shape index (κ2) is 7.50. The number of amides is 1. The summed E-state index contributed by atoms with van der Waals surface area (Å²) >= 11 is 3.10. The fourth-order valence-electron chi connectivity index (χ4n) is 2.51. The molecule has 1 amide bonds. The summed E-state index contributed by atoms with van der Waals surface area (Å²) in [5.41, 5.74) is 0.840. The molecule has 0 bridgehead atoms. The molecular formula is C17H19N5OS2. The molecule has 2 aromatic rings. The van der Waals surface area contributed by atoms with Crippen LogP contribution in [0.3, 0.4) is 0 Å². The van der Waals surface area contributed by atoms with Crippen LogP contribution in [-0.2, 0) is 4.79 Å². The zero-order valence-electron chi connectivity index (χ0n) is 14.2. The molecule has 8 heteroatoms. The molecule has 0 spiro atoms. The maximum atomic E-state index is 12.1. The highest BCUT2D eigenvalue weighted by molar-refractivity contribution is 8.00. The van der Waals surface area contributed by atoms with Gasteiger partial charge in [0.05, 0.1) is 5.75 Å². The van der Waals surface area contributed by atoms with Crippen molar-refractivity contribution in [1.29, 1.82) is 0 Å². The van der Waals surface area contributed by atoms with Crippen LogP contribution in [0.15, 0.2) is 21.6 Å². The van der Waals surface area contributed by atoms with Crippen molar-refractivity contribution >= 4 is 39.2 Å². The fraction of sp³-hybridized carbons (Fsp3) is 0.471. The maximum absolute atomic E-state index is 12.1. The average Bonchev–Trinajstić information content (AvgIpc) is 3.31. The average molecular weight is 374 g/mol. The summed E-state index contributed by atoms with van der Waals surface area (Å²) in [7, 11) is 0. The summed E-state index contributed by atoms with van der Waals surface area (Å²) in [4.78, 5) is 23.0. The number of rotatable bonds is 8. The van der Waals surface area contributed by atoms with E-state index in [0.717, 1.165) is 21.7 Å². The lowest BCUT2D eigenvalue weighted by Gasteiger charge is -2.10. The zero-order valence-corrected chi connectivity index (χ0v) is 15.8. The van der Waals surface area contributed by atoms with E-state index in [1.165, 1.54) is 22.2 Å². The molecular weight excluding hydrogens is 354 g/mol. The summed E-state index contributed by atoms with van der Waals surface area (Å²) in [5.74, 6) is 2.91. The Morgan fingerprint density at radius 3 is 2.88 bits per heavy atom. The van der Waals surface area contributed by atoms with Crippen LogP contribution >= 0.6 is 23.1 Å². The van der Waals surface area contributed by atoms with Crippen LogP contribution in [0.1, 0.15) is 29.7 Å². The van der Waals surface area contributed by atoms with E-state index in [4.69, 9.17) is 6.42 Å². The molecule has 25 heavy (non-hydrogen) atoms. The van der Waals surface area contributed by atoms with Gasteiger partial charge in [0.1, 0.15) is 16.2 Å². The standard InChI is InChI=1S/C17H19N5OS2/c1-4-5-6-17(21-22-17)7-8-18-13(23)9-24-15-14-11(2)12(3)25-16(14)20-10-19-15/h1,10H,5-9H2,2-3H3,(H,18,23). The number of nitrogens with one attached hydrogen (secondary N) is 1. The number of hydrogen-bond donors (Lipinski definition) is 1. The summed E-state index contributed by atoms with van der Waals surface area (Å²) in [6.07, 6.45) is 8.94. The highest BCUT2D eigenvalue weighted by Crippen LogP contribution is 2.36. The lowest BCUT2D eigenvalue weighted by Crippen LogP contribution is -2.29. The first kappa shape index (κ1) is 17.8. The van der Waals surface area contributed by atoms with Gasteiger partial charge in [0.2, 0.25) is 5.91 Å². The summed E-state index contributed by atoms with van der Waals surface area (Å²) < 4.78 is 0. The van der Waals surface area contributed by atoms with E-state index in [2.05, 4.69) is 45.3 Å². The first-order chi connectivity index (χ1) is 12.0. The molecule has 2 aromatic heterocycles. The lowest BCUT2D eigenvalue weighted by molar-refractivity contribution is -0.118. The molecule has 3 rings (SSSR count). The molecule has 0 saturated carbocycles. The van der Waals surface area contributed by atoms with Crippen LogP contribution in [0.4, 0.5) is 0 Å². The number of aryl methyl sites for hydroxylation is 2. The molecule has 0 aliphatic carbocycles. The predicted octanol–water partition coefficient (Wildman–Crippen LogP) is 3.48. The Balaban J connectivity index is 1.49. The molecule has 0 aromatic carbocycles. The van der Waals surface area contributed by atoms with E-state index >= 15 is 0 Å². The number of hydrogen-bond acceptors (Lipinski definition) is 7. The van der Waals surface area contributed by atoms with Gasteiger partial charge in [0, 0.05) is 36.1 Å². The van der Waals surface area contributed by atoms with E-state index in [-0.39, 0.29) is 11.6 Å². The lowest BCUT2D eigenvalue weighted by atomic mass is 10.0. The molecule has 0 fully saturated rings. The smallest absolute Gasteiger partial charge is 0.230 e. The van der Waals surface area contributed by atoms with Crippen LogP contribution in [0.2, 0.25) is 0 Å². The molecule has 0 unspecified atom stereocenters. The molecule has 1 aliphatic rings. The van der Waals surface area contributed by atoms with Crippen LogP contribution in [0.5, 0.6) is 0 Å². The van der Waals surface area contributed by atoms with Gasteiger partial charge in [-0.1, -0.05) is 11.8 Å². The van der Waals surface area contributed by atoms with E-state index in [0.29, 0.717) is 25.1 Å². The topological polar surface area (TPSA) is 79.6 Å². The Morgan fingerprint density at radius 2 is 2.16 bits per heavy atom. The van der Waals surface area contributed by atoms with Gasteiger partial charge < -0.3 is 5.32 Å². The van der Waals surface area contributed by atoms with Gasteiger partial charge in [-0.3, -0.25) is 4.79 Å². The molecule has 0 radical (unpaired) electrons. The van der Waals surface area contributed by atoms with E-state index in [9.17, 15) is 4.79 Å². The minimum absolute atomic E-state index is 0.0193. The van der Waals surface area contributed by atoms with E-state index in [1.54, 1.807) is 17.7 Å². The zero-order chi connectivity index (χ0) is 17.9. The van der Waals surface area contributed by atoms with Gasteiger partial charge in [-0.25, -0.2) is 9.97 Å². The normalized spacial score (nSPS) is 14.4. The molecule has 6 nitrogen and oxygen atoms in total. The van der Waals surface area contributed by atoms with Gasteiger partial charge >= 0.3 is 0 Å². The number of carbonyl (C=O) groups is 1. The molecule has 1 N–H and O–H groups in total. The van der Waals surface area contributed by atoms with Crippen molar-refractivity contribution in [3.63, 3.8) is 0 Å². The third-order valence-electron chi connectivity index (χ3n) is 4.17. The monoisotopic (exact) mass is 373 g/mol. The maximum Gasteiger partial charge on any atom is 0.230 e. The van der Waals surface area contributed by atoms with Gasteiger partial charge in [-0.05, 0) is 19.4 Å². The number of terminal acetylenes is 1. The van der Waals surface area contributed by atoms with Crippen molar-refractivity contribution in [2.75, 3.05) is 12.3 Å². The number of fused-ring (bicyclic) bond motifs is 1. The van der Waals surface area contributed by atoms with Crippen LogP contribution < -0.4 is 5.32 Å². The quantitative estimate of drug-likeness (QED) is 0.436. The van der Waals surface area contributed by atoms with Gasteiger partial charge in [-0.2, -0.15) is 10.2 Å². The SMILES string of the molecule is C#CCCC1(CCNC(=O)CSc2ncnc3sc(C)c(C)c23)N=N1. The molecule has 130 valence electrons. The van der Waals surface area contributed by atoms with Crippen molar-refractivity contribution in [2.24, 2.45) is 10.2 Å². The first-order valence-electron chi connectivity index (χ1n) is 8.02. The highest BCUT2D eigenvalue weighted by Gasteiger charge is 2.38. The molecule has 0 atom stereocenters. The third kappa shape index (κ3) is 4.17. The number of thioether (sulfide) groups is 1. The summed E-state index contributed by atoms with van der Waals surface area (Å²) in [6.45, 7) is 4.69. The minimum atomic E-state index is -0.350. The number of thiophene rings is 1. The van der Waals surface area contributed by atoms with Crippen molar-refractivity contribution in [2.45, 2.75) is 43.8 Å². The largest absolute Gasteiger partial charge is 0.355 e. The summed E-state index contributed by atoms with van der Waals surface area (Å²) in [5, 5.41) is 13.0. The van der Waals surface area contributed by atoms with Crippen LogP contribution in [0, 0.1) is 26.2 Å². The molecule has 0 saturated heterocycles. The van der Waals surface area contributed by atoms with Crippen LogP contribution in [0.25, 0.3) is 10.2 Å². The number of nitrogens with zero attached hydrogens (tertiary/aromatic N) is 4. The Labute approximate surface area is 154 Å². The summed E-state index contributed by atoms with van der Waals surface area (Å²) in [6, 6.07) is 0. The third-order valence-corrected chi connectivity index (χ3v) is 6.28. The highest BCUT2D eigenvalue weighted by atomic mass is 32.2. The molecule has 3 heterocycles. The van der Waals surface area contributed by atoms with Crippen molar-refractivity contribution in [3.8, 4) is 12.3 Å². The Morgan fingerprint density at radius 1 is 1.36 bits per heavy atom. The van der Waals surface area contributed by atoms with Gasteiger partial charge in [0.25, 0.3) is 0 Å². The predicted molar refractivity (Wildman–Crippen MR) is 101 cm³/mol. The van der Waals surface area contributed by atoms with Gasteiger partial charge in [0.15, 0.2) is 5.66 Å². The number of carbonyl (C=O) groups excluding carboxylic acids is 1. The second-order valence-electron chi connectivity index (χ2n) is 5.92. The molecule has 1 aliphatic heterocycles. The Kier molecular flexibility index (Phi) is 5.35. The van der Waals surface area contributed by atoms with Gasteiger partial charge in [-0.15, -0.1) is 23.7 Å². The number of aromatic nitrogens is 2. The van der Waals surface area contributed by atoms with E-state index < -0.39 is 0 Å². The van der Waals surface area contributed by atoms with E-state index in [1.807, 2.05) is 0 Å². The van der Waals surface area contributed by atoms with Crippen LogP contribution in [-0.4, -0.2) is 33.8 Å². The first-order valence-corrected chi connectivity index (χ1v) is 9.82. The fourth-order valence-corrected chi connectivity index (χ4v) is 4.46. The van der Waals surface area contributed by atoms with Crippen molar-refractivity contribution < 1.29 is 4.79 Å². The van der Waals surface area contributed by atoms with Crippen molar-refractivity contribution in [3.05, 3.63) is 16.8 Å². The van der Waals surface area contributed by atoms with Crippen molar-refractivity contribution in [1.82, 2.24) is 15.3 Å². The minimum Gasteiger partial charge on any atom is -0.355 e. The Bertz CT molecular complexity index is 862. The Hall–Kier alpha value is -1.98. The second-order valence-corrected chi connectivity index (χ2v) is 8.08.